The number of aryl methyl sites for hydroxylation is 2. The molecule has 1 aromatic carbocycles. The Kier molecular flexibility index (Phi) is 4.06. The van der Waals surface area contributed by atoms with Gasteiger partial charge in [-0.3, -0.25) is 0 Å². The van der Waals surface area contributed by atoms with Crippen molar-refractivity contribution in [1.82, 2.24) is 9.47 Å². The summed E-state index contributed by atoms with van der Waals surface area (Å²) in [4.78, 5) is 2.18. The molecule has 2 N–H and O–H groups in total. The fourth-order valence-corrected chi connectivity index (χ4v) is 3.03. The SMILES string of the molecule is COc1ccc(C)c2c(C(CN)N(C)C)c(C)n(C)c12. The van der Waals surface area contributed by atoms with Gasteiger partial charge in [0.15, 0.2) is 0 Å². The topological polar surface area (TPSA) is 43.4 Å². The molecule has 0 radical (unpaired) electrons. The number of aromatic nitrogens is 1. The van der Waals surface area contributed by atoms with Crippen molar-refractivity contribution in [2.24, 2.45) is 12.8 Å². The predicted octanol–water partition coefficient (Wildman–Crippen LogP) is 2.37. The summed E-state index contributed by atoms with van der Waals surface area (Å²) in [7, 11) is 7.96. The first-order valence-electron chi connectivity index (χ1n) is 6.93. The second kappa shape index (κ2) is 5.46. The molecule has 1 aromatic heterocycles. The monoisotopic (exact) mass is 275 g/mol. The molecule has 1 atom stereocenters. The number of fused-ring (bicyclic) bond motifs is 1. The smallest absolute Gasteiger partial charge is 0.143 e. The number of rotatable bonds is 4. The van der Waals surface area contributed by atoms with Crippen LogP contribution in [0.25, 0.3) is 10.9 Å². The third-order valence-electron chi connectivity index (χ3n) is 4.25. The van der Waals surface area contributed by atoms with Crippen molar-refractivity contribution < 1.29 is 4.74 Å². The van der Waals surface area contributed by atoms with E-state index in [1.165, 1.54) is 22.2 Å². The molecule has 0 aliphatic carbocycles. The lowest BCUT2D eigenvalue weighted by Crippen LogP contribution is -2.27. The van der Waals surface area contributed by atoms with Crippen LogP contribution in [-0.2, 0) is 7.05 Å². The minimum atomic E-state index is 0.213. The Labute approximate surface area is 121 Å². The molecule has 0 fully saturated rings. The van der Waals surface area contributed by atoms with E-state index in [-0.39, 0.29) is 6.04 Å². The average molecular weight is 275 g/mol. The molecule has 2 aromatic rings. The largest absolute Gasteiger partial charge is 0.495 e. The van der Waals surface area contributed by atoms with Gasteiger partial charge >= 0.3 is 0 Å². The van der Waals surface area contributed by atoms with Gasteiger partial charge in [0.2, 0.25) is 0 Å². The van der Waals surface area contributed by atoms with Crippen LogP contribution in [0.4, 0.5) is 0 Å². The maximum absolute atomic E-state index is 6.01. The molecule has 20 heavy (non-hydrogen) atoms. The molecular weight excluding hydrogens is 250 g/mol. The molecule has 0 aliphatic heterocycles. The fraction of sp³-hybridized carbons (Fsp3) is 0.500. The van der Waals surface area contributed by atoms with Crippen LogP contribution in [0.2, 0.25) is 0 Å². The van der Waals surface area contributed by atoms with E-state index in [1.54, 1.807) is 7.11 Å². The zero-order valence-corrected chi connectivity index (χ0v) is 13.3. The maximum Gasteiger partial charge on any atom is 0.143 e. The zero-order valence-electron chi connectivity index (χ0n) is 13.3. The molecule has 0 bridgehead atoms. The number of hydrogen-bond acceptors (Lipinski definition) is 3. The van der Waals surface area contributed by atoms with Crippen LogP contribution in [-0.4, -0.2) is 37.2 Å². The molecule has 1 heterocycles. The third-order valence-corrected chi connectivity index (χ3v) is 4.25. The van der Waals surface area contributed by atoms with Gasteiger partial charge < -0.3 is 19.9 Å². The van der Waals surface area contributed by atoms with Crippen LogP contribution in [0.15, 0.2) is 12.1 Å². The highest BCUT2D eigenvalue weighted by atomic mass is 16.5. The molecule has 2 rings (SSSR count). The molecule has 0 amide bonds. The summed E-state index contributed by atoms with van der Waals surface area (Å²) in [5.41, 5.74) is 11.0. The van der Waals surface area contributed by atoms with E-state index in [2.05, 4.69) is 50.5 Å². The second-order valence-corrected chi connectivity index (χ2v) is 5.58. The zero-order chi connectivity index (χ0) is 15.0. The Morgan fingerprint density at radius 1 is 1.30 bits per heavy atom. The maximum atomic E-state index is 6.01. The fourth-order valence-electron chi connectivity index (χ4n) is 3.03. The summed E-state index contributed by atoms with van der Waals surface area (Å²) in [6.07, 6.45) is 0. The lowest BCUT2D eigenvalue weighted by Gasteiger charge is -2.24. The van der Waals surface area contributed by atoms with Crippen LogP contribution >= 0.6 is 0 Å². The quantitative estimate of drug-likeness (QED) is 0.931. The molecular formula is C16H25N3O. The van der Waals surface area contributed by atoms with Gasteiger partial charge in [-0.05, 0) is 45.1 Å². The number of likely N-dealkylation sites (N-methyl/N-ethyl adjacent to an activating group) is 1. The van der Waals surface area contributed by atoms with E-state index in [9.17, 15) is 0 Å². The first-order chi connectivity index (χ1) is 9.43. The predicted molar refractivity (Wildman–Crippen MR) is 84.4 cm³/mol. The van der Waals surface area contributed by atoms with Crippen LogP contribution in [0.5, 0.6) is 5.75 Å². The summed E-state index contributed by atoms with van der Waals surface area (Å²) in [6.45, 7) is 4.90. The molecule has 0 spiro atoms. The first kappa shape index (κ1) is 14.9. The van der Waals surface area contributed by atoms with E-state index in [1.807, 2.05) is 6.07 Å². The molecule has 1 unspecified atom stereocenters. The second-order valence-electron chi connectivity index (χ2n) is 5.58. The highest BCUT2D eigenvalue weighted by Crippen LogP contribution is 2.38. The lowest BCUT2D eigenvalue weighted by atomic mass is 9.99. The number of benzene rings is 1. The van der Waals surface area contributed by atoms with E-state index in [4.69, 9.17) is 10.5 Å². The van der Waals surface area contributed by atoms with E-state index in [0.717, 1.165) is 11.3 Å². The highest BCUT2D eigenvalue weighted by molar-refractivity contribution is 5.93. The summed E-state index contributed by atoms with van der Waals surface area (Å²) in [5, 5.41) is 1.27. The minimum Gasteiger partial charge on any atom is -0.495 e. The third kappa shape index (κ3) is 2.09. The van der Waals surface area contributed by atoms with Gasteiger partial charge in [0.05, 0.1) is 12.6 Å². The Morgan fingerprint density at radius 3 is 2.45 bits per heavy atom. The Morgan fingerprint density at radius 2 is 1.95 bits per heavy atom. The normalized spacial score (nSPS) is 13.2. The van der Waals surface area contributed by atoms with Gasteiger partial charge in [-0.25, -0.2) is 0 Å². The van der Waals surface area contributed by atoms with Crippen LogP contribution in [0.3, 0.4) is 0 Å². The Balaban J connectivity index is 2.88. The van der Waals surface area contributed by atoms with E-state index in [0.29, 0.717) is 6.54 Å². The summed E-state index contributed by atoms with van der Waals surface area (Å²) < 4.78 is 7.75. The van der Waals surface area contributed by atoms with Crippen LogP contribution in [0, 0.1) is 13.8 Å². The summed E-state index contributed by atoms with van der Waals surface area (Å²) in [6, 6.07) is 4.37. The standard InChI is InChI=1S/C16H25N3O/c1-10-7-8-13(20-6)16-14(10)15(11(2)19(16)5)12(9-17)18(3)4/h7-8,12H,9,17H2,1-6H3. The molecule has 0 aliphatic rings. The minimum absolute atomic E-state index is 0.213. The van der Waals surface area contributed by atoms with Gasteiger partial charge in [0.1, 0.15) is 5.75 Å². The Bertz CT molecular complexity index is 628. The van der Waals surface area contributed by atoms with Gasteiger partial charge in [0, 0.05) is 30.7 Å². The van der Waals surface area contributed by atoms with Crippen molar-refractivity contribution in [2.45, 2.75) is 19.9 Å². The van der Waals surface area contributed by atoms with Crippen molar-refractivity contribution in [3.63, 3.8) is 0 Å². The summed E-state index contributed by atoms with van der Waals surface area (Å²) in [5.74, 6) is 0.914. The number of methoxy groups -OCH3 is 1. The first-order valence-corrected chi connectivity index (χ1v) is 6.93. The Hall–Kier alpha value is -1.52. The van der Waals surface area contributed by atoms with Gasteiger partial charge in [0.25, 0.3) is 0 Å². The van der Waals surface area contributed by atoms with Gasteiger partial charge in [-0.1, -0.05) is 6.07 Å². The van der Waals surface area contributed by atoms with Crippen molar-refractivity contribution in [3.8, 4) is 5.75 Å². The van der Waals surface area contributed by atoms with E-state index >= 15 is 0 Å². The van der Waals surface area contributed by atoms with Gasteiger partial charge in [-0.2, -0.15) is 0 Å². The molecule has 4 heteroatoms. The van der Waals surface area contributed by atoms with Gasteiger partial charge in [-0.15, -0.1) is 0 Å². The van der Waals surface area contributed by atoms with E-state index < -0.39 is 0 Å². The number of nitrogens with zero attached hydrogens (tertiary/aromatic N) is 2. The number of hydrogen-bond donors (Lipinski definition) is 1. The molecule has 4 nitrogen and oxygen atoms in total. The van der Waals surface area contributed by atoms with Crippen molar-refractivity contribution in [1.29, 1.82) is 0 Å². The highest BCUT2D eigenvalue weighted by Gasteiger charge is 2.24. The van der Waals surface area contributed by atoms with Crippen molar-refractivity contribution >= 4 is 10.9 Å². The average Bonchev–Trinajstić information content (AvgIpc) is 2.67. The van der Waals surface area contributed by atoms with Crippen molar-refractivity contribution in [3.05, 3.63) is 29.0 Å². The number of ether oxygens (including phenoxy) is 1. The molecule has 0 saturated carbocycles. The van der Waals surface area contributed by atoms with Crippen molar-refractivity contribution in [2.75, 3.05) is 27.7 Å². The molecule has 110 valence electrons. The summed E-state index contributed by atoms with van der Waals surface area (Å²) >= 11 is 0. The van der Waals surface area contributed by atoms with Crippen LogP contribution < -0.4 is 10.5 Å². The van der Waals surface area contributed by atoms with Crippen LogP contribution in [0.1, 0.15) is 22.9 Å². The molecule has 0 saturated heterocycles. The lowest BCUT2D eigenvalue weighted by molar-refractivity contribution is 0.306. The number of nitrogens with two attached hydrogens (primary N) is 1.